The van der Waals surface area contributed by atoms with Crippen LogP contribution in [0.25, 0.3) is 0 Å². The van der Waals surface area contributed by atoms with Crippen LogP contribution in [-0.4, -0.2) is 89.2 Å². The Morgan fingerprint density at radius 1 is 0.400 bits per heavy atom. The maximum absolute atomic E-state index is 13.2. The lowest BCUT2D eigenvalue weighted by Crippen LogP contribution is -2.61. The standard InChI is InChI=1S/C73H112O12/c1-4-7-10-13-16-19-22-25-28-31-33-36-38-41-44-47-50-53-56-59-65(74)81-62-64(83-66(75)60-57-54-51-48-45-42-39-35-30-27-24-21-18-15-12-9-6-3)63-82-73-71(69(78)68(77)70(85-73)72(79)80)84-67(76)61-58-55-52-49-46-43-40-37-34-32-29-26-23-20-17-14-11-8-5-2/h7-8,10-11,16-21,25-30,33-34,36-37,41,43-44,46,50,53,64,68-71,73,77-78H,4-6,9,12-15,22-24,31-32,35,38-40,42,45,47-49,51-52,54-63H2,1-3H3,(H,79,80)/b10-7-,11-8-,19-16-,20-17-,21-18-,28-25-,29-26-,30-27-,36-33-,37-34-,44-41-,46-43-,53-50-. The summed E-state index contributed by atoms with van der Waals surface area (Å²) in [7, 11) is 0. The van der Waals surface area contributed by atoms with Crippen LogP contribution in [0.5, 0.6) is 0 Å². The Bertz CT molecular complexity index is 2080. The maximum atomic E-state index is 13.2. The van der Waals surface area contributed by atoms with Crippen LogP contribution < -0.4 is 0 Å². The van der Waals surface area contributed by atoms with Crippen LogP contribution in [-0.2, 0) is 42.9 Å². The molecule has 12 heteroatoms. The highest BCUT2D eigenvalue weighted by atomic mass is 16.7. The molecule has 1 aliphatic heterocycles. The van der Waals surface area contributed by atoms with Gasteiger partial charge in [0.25, 0.3) is 0 Å². The Morgan fingerprint density at radius 2 is 0.765 bits per heavy atom. The molecule has 0 spiro atoms. The average Bonchev–Trinajstić information content (AvgIpc) is 3.51. The predicted molar refractivity (Wildman–Crippen MR) is 349 cm³/mol. The van der Waals surface area contributed by atoms with Crippen LogP contribution in [0.3, 0.4) is 0 Å². The minimum atomic E-state index is -1.94. The van der Waals surface area contributed by atoms with E-state index in [1.165, 1.54) is 19.3 Å². The number of rotatable bonds is 53. The number of carboxylic acids is 1. The highest BCUT2D eigenvalue weighted by molar-refractivity contribution is 5.74. The molecule has 0 aromatic carbocycles. The van der Waals surface area contributed by atoms with Gasteiger partial charge in [-0.25, -0.2) is 4.79 Å². The third-order valence-electron chi connectivity index (χ3n) is 13.6. The Morgan fingerprint density at radius 3 is 1.19 bits per heavy atom. The van der Waals surface area contributed by atoms with E-state index in [-0.39, 0.29) is 25.9 Å². The second kappa shape index (κ2) is 58.7. The highest BCUT2D eigenvalue weighted by Gasteiger charge is 2.50. The summed E-state index contributed by atoms with van der Waals surface area (Å²) < 4.78 is 28.4. The number of hydrogen-bond donors (Lipinski definition) is 3. The van der Waals surface area contributed by atoms with Crippen molar-refractivity contribution in [3.05, 3.63) is 158 Å². The molecule has 0 aromatic heterocycles. The van der Waals surface area contributed by atoms with E-state index in [0.717, 1.165) is 141 Å². The fourth-order valence-electron chi connectivity index (χ4n) is 8.68. The Hall–Kier alpha value is -5.66. The smallest absolute Gasteiger partial charge is 0.335 e. The fourth-order valence-corrected chi connectivity index (χ4v) is 8.68. The molecule has 0 aromatic rings. The van der Waals surface area contributed by atoms with Gasteiger partial charge in [-0.15, -0.1) is 0 Å². The second-order valence-corrected chi connectivity index (χ2v) is 21.3. The van der Waals surface area contributed by atoms with Crippen LogP contribution in [0.4, 0.5) is 0 Å². The van der Waals surface area contributed by atoms with Gasteiger partial charge < -0.3 is 39.0 Å². The van der Waals surface area contributed by atoms with Crippen molar-refractivity contribution in [1.82, 2.24) is 0 Å². The Kier molecular flexibility index (Phi) is 53.4. The van der Waals surface area contributed by atoms with Crippen molar-refractivity contribution in [1.29, 1.82) is 0 Å². The summed E-state index contributed by atoms with van der Waals surface area (Å²) in [5.41, 5.74) is 0. The molecule has 6 atom stereocenters. The predicted octanol–water partition coefficient (Wildman–Crippen LogP) is 17.7. The minimum Gasteiger partial charge on any atom is -0.479 e. The lowest BCUT2D eigenvalue weighted by Gasteiger charge is -2.40. The lowest BCUT2D eigenvalue weighted by molar-refractivity contribution is -0.301. The average molecular weight is 1180 g/mol. The first-order chi connectivity index (χ1) is 41.6. The molecule has 3 N–H and O–H groups in total. The molecule has 1 saturated heterocycles. The Balaban J connectivity index is 2.75. The molecule has 1 aliphatic rings. The minimum absolute atomic E-state index is 0.00396. The van der Waals surface area contributed by atoms with E-state index in [9.17, 15) is 34.5 Å². The van der Waals surface area contributed by atoms with Crippen LogP contribution >= 0.6 is 0 Å². The van der Waals surface area contributed by atoms with Crippen LogP contribution in [0.2, 0.25) is 0 Å². The number of aliphatic carboxylic acids is 1. The SMILES string of the molecule is CC/C=C\C/C=C\C/C=C\C/C=C\C/C=C\C/C=C\CCC(=O)OCC(COC1OC(C(=O)O)C(O)C(O)C1OC(=O)CCCCC/C=C\C/C=C\C/C=C\C/C=C\C/C=C\CC)OC(=O)CCCCCCCCC/C=C\C/C=C\CCCCC. The van der Waals surface area contributed by atoms with Crippen molar-refractivity contribution in [2.45, 2.75) is 263 Å². The molecule has 476 valence electrons. The Labute approximate surface area is 514 Å². The van der Waals surface area contributed by atoms with E-state index in [1.54, 1.807) is 0 Å². The highest BCUT2D eigenvalue weighted by Crippen LogP contribution is 2.26. The number of ether oxygens (including phenoxy) is 5. The molecule has 1 rings (SSSR count). The molecule has 1 heterocycles. The molecule has 6 unspecified atom stereocenters. The molecule has 0 bridgehead atoms. The van der Waals surface area contributed by atoms with Gasteiger partial charge in [0.05, 0.1) is 6.61 Å². The van der Waals surface area contributed by atoms with E-state index >= 15 is 0 Å². The number of carbonyl (C=O) groups excluding carboxylic acids is 3. The quantitative estimate of drug-likeness (QED) is 0.0228. The first-order valence-corrected chi connectivity index (χ1v) is 32.5. The molecule has 12 nitrogen and oxygen atoms in total. The van der Waals surface area contributed by atoms with Crippen LogP contribution in [0.15, 0.2) is 158 Å². The zero-order valence-electron chi connectivity index (χ0n) is 52.5. The van der Waals surface area contributed by atoms with Gasteiger partial charge in [-0.3, -0.25) is 14.4 Å². The normalized spacial score (nSPS) is 18.5. The van der Waals surface area contributed by atoms with Crippen molar-refractivity contribution in [2.24, 2.45) is 0 Å². The van der Waals surface area contributed by atoms with Crippen LogP contribution in [0.1, 0.15) is 226 Å². The van der Waals surface area contributed by atoms with E-state index < -0.39 is 67.3 Å². The number of esters is 3. The van der Waals surface area contributed by atoms with Gasteiger partial charge in [0.15, 0.2) is 24.6 Å². The number of unbranched alkanes of at least 4 members (excludes halogenated alkanes) is 13. The molecule has 0 aliphatic carbocycles. The van der Waals surface area contributed by atoms with Crippen molar-refractivity contribution in [3.63, 3.8) is 0 Å². The van der Waals surface area contributed by atoms with Crippen LogP contribution in [0, 0.1) is 0 Å². The third kappa shape index (κ3) is 48.2. The zero-order chi connectivity index (χ0) is 61.7. The summed E-state index contributed by atoms with van der Waals surface area (Å²) in [5.74, 6) is -3.31. The summed E-state index contributed by atoms with van der Waals surface area (Å²) in [6.07, 6.45) is 73.5. The monoisotopic (exact) mass is 1180 g/mol. The molecular weight excluding hydrogens is 1070 g/mol. The van der Waals surface area contributed by atoms with Gasteiger partial charge in [0.1, 0.15) is 18.8 Å². The van der Waals surface area contributed by atoms with E-state index in [4.69, 9.17) is 23.7 Å². The molecule has 85 heavy (non-hydrogen) atoms. The number of allylic oxidation sites excluding steroid dienone is 26. The molecule has 0 radical (unpaired) electrons. The molecule has 0 saturated carbocycles. The summed E-state index contributed by atoms with van der Waals surface area (Å²) in [5, 5.41) is 31.6. The van der Waals surface area contributed by atoms with Crippen molar-refractivity contribution in [2.75, 3.05) is 13.2 Å². The number of carbonyl (C=O) groups is 4. The van der Waals surface area contributed by atoms with Gasteiger partial charge >= 0.3 is 23.9 Å². The number of carboxylic acid groups (broad SMARTS) is 1. The van der Waals surface area contributed by atoms with E-state index in [0.29, 0.717) is 25.7 Å². The molecule has 0 amide bonds. The largest absolute Gasteiger partial charge is 0.479 e. The van der Waals surface area contributed by atoms with Crippen molar-refractivity contribution in [3.8, 4) is 0 Å². The van der Waals surface area contributed by atoms with E-state index in [2.05, 4.69) is 167 Å². The topological polar surface area (TPSA) is 175 Å². The second-order valence-electron chi connectivity index (χ2n) is 21.3. The van der Waals surface area contributed by atoms with Crippen molar-refractivity contribution < 1.29 is 58.2 Å². The number of aliphatic hydroxyl groups excluding tert-OH is 2. The summed E-state index contributed by atoms with van der Waals surface area (Å²) in [6, 6.07) is 0. The van der Waals surface area contributed by atoms with Gasteiger partial charge in [-0.1, -0.05) is 230 Å². The van der Waals surface area contributed by atoms with Gasteiger partial charge in [0, 0.05) is 19.3 Å². The first kappa shape index (κ1) is 77.4. The third-order valence-corrected chi connectivity index (χ3v) is 13.6. The maximum Gasteiger partial charge on any atom is 0.335 e. The number of hydrogen-bond acceptors (Lipinski definition) is 11. The fraction of sp³-hybridized carbons (Fsp3) is 0.589. The van der Waals surface area contributed by atoms with Gasteiger partial charge in [-0.2, -0.15) is 0 Å². The summed E-state index contributed by atoms with van der Waals surface area (Å²) >= 11 is 0. The number of aliphatic hydroxyl groups is 2. The summed E-state index contributed by atoms with van der Waals surface area (Å²) in [4.78, 5) is 51.3. The zero-order valence-corrected chi connectivity index (χ0v) is 52.5. The summed E-state index contributed by atoms with van der Waals surface area (Å²) in [6.45, 7) is 5.66. The van der Waals surface area contributed by atoms with Gasteiger partial charge in [-0.05, 0) is 135 Å². The molecular formula is C73H112O12. The van der Waals surface area contributed by atoms with Gasteiger partial charge in [0.2, 0.25) is 0 Å². The lowest BCUT2D eigenvalue weighted by atomic mass is 9.98. The first-order valence-electron chi connectivity index (χ1n) is 32.5. The van der Waals surface area contributed by atoms with Crippen molar-refractivity contribution >= 4 is 23.9 Å². The van der Waals surface area contributed by atoms with E-state index in [1.807, 2.05) is 12.2 Å². The molecule has 1 fully saturated rings.